The zero-order valence-electron chi connectivity index (χ0n) is 10.7. The average Bonchev–Trinajstić information content (AvgIpc) is 2.31. The molecule has 0 N–H and O–H groups in total. The minimum Gasteiger partial charge on any atom is -0.400 e. The second-order valence-electron chi connectivity index (χ2n) is 3.75. The van der Waals surface area contributed by atoms with Crippen LogP contribution < -0.4 is 0 Å². The summed E-state index contributed by atoms with van der Waals surface area (Å²) in [5.74, 6) is -9.83. The molecule has 0 radical (unpaired) electrons. The Kier molecular flexibility index (Phi) is 6.79. The van der Waals surface area contributed by atoms with Crippen LogP contribution in [0.1, 0.15) is 13.3 Å². The van der Waals surface area contributed by atoms with Gasteiger partial charge in [0.15, 0.2) is 0 Å². The zero-order valence-corrected chi connectivity index (χ0v) is 11.8. The molecule has 0 bridgehead atoms. The van der Waals surface area contributed by atoms with Crippen LogP contribution in [0.2, 0.25) is 6.04 Å². The molecule has 1 unspecified atom stereocenters. The van der Waals surface area contributed by atoms with E-state index in [2.05, 4.69) is 13.6 Å². The molecule has 0 aromatic heterocycles. The lowest BCUT2D eigenvalue weighted by molar-refractivity contribution is -0.378. The Hall–Kier alpha value is -0.323. The van der Waals surface area contributed by atoms with Crippen molar-refractivity contribution in [2.75, 3.05) is 20.8 Å². The van der Waals surface area contributed by atoms with Crippen LogP contribution in [0.15, 0.2) is 0 Å². The van der Waals surface area contributed by atoms with E-state index in [1.54, 1.807) is 0 Å². The normalized spacial score (nSPS) is 16.7. The number of alkyl halides is 6. The fourth-order valence-electron chi connectivity index (χ4n) is 1.23. The van der Waals surface area contributed by atoms with Crippen molar-refractivity contribution >= 4 is 9.28 Å². The molecule has 0 aliphatic rings. The first-order valence-electron chi connectivity index (χ1n) is 5.38. The Morgan fingerprint density at radius 3 is 1.74 bits per heavy atom. The fourth-order valence-corrected chi connectivity index (χ4v) is 2.56. The molecule has 0 rings (SSSR count). The van der Waals surface area contributed by atoms with Gasteiger partial charge >= 0.3 is 21.4 Å². The number of halogens is 6. The van der Waals surface area contributed by atoms with Gasteiger partial charge in [-0.3, -0.25) is 0 Å². The van der Waals surface area contributed by atoms with Crippen LogP contribution in [0, 0.1) is 0 Å². The first-order chi connectivity index (χ1) is 8.55. The van der Waals surface area contributed by atoms with Gasteiger partial charge in [0.05, 0.1) is 12.7 Å². The summed E-state index contributed by atoms with van der Waals surface area (Å²) in [7, 11) is -0.915. The molecule has 19 heavy (non-hydrogen) atoms. The van der Waals surface area contributed by atoms with Crippen LogP contribution in [0.3, 0.4) is 0 Å². The lowest BCUT2D eigenvalue weighted by Gasteiger charge is -2.35. The lowest BCUT2D eigenvalue weighted by Crippen LogP contribution is -2.57. The molecule has 0 aliphatic carbocycles. The predicted octanol–water partition coefficient (Wildman–Crippen LogP) is 2.79. The van der Waals surface area contributed by atoms with Crippen molar-refractivity contribution in [1.82, 2.24) is 0 Å². The van der Waals surface area contributed by atoms with Crippen LogP contribution in [0.25, 0.3) is 0 Å². The molecular weight excluding hydrogens is 298 g/mol. The van der Waals surface area contributed by atoms with Crippen molar-refractivity contribution in [3.05, 3.63) is 0 Å². The van der Waals surface area contributed by atoms with E-state index in [1.165, 1.54) is 6.92 Å². The quantitative estimate of drug-likeness (QED) is 0.509. The van der Waals surface area contributed by atoms with Gasteiger partial charge in [0.1, 0.15) is 0 Å². The van der Waals surface area contributed by atoms with Gasteiger partial charge in [0.2, 0.25) is 0 Å². The molecule has 0 spiro atoms. The summed E-state index contributed by atoms with van der Waals surface area (Å²) in [5, 5.41) is 0. The third-order valence-corrected chi connectivity index (χ3v) is 4.22. The van der Waals surface area contributed by atoms with Gasteiger partial charge in [-0.05, 0) is 6.42 Å². The molecule has 0 saturated heterocycles. The van der Waals surface area contributed by atoms with Crippen molar-refractivity contribution in [2.45, 2.75) is 37.3 Å². The van der Waals surface area contributed by atoms with E-state index >= 15 is 0 Å². The molecule has 3 nitrogen and oxygen atoms in total. The van der Waals surface area contributed by atoms with Gasteiger partial charge in [-0.1, -0.05) is 6.92 Å². The molecule has 10 heteroatoms. The molecule has 0 aliphatic heterocycles. The largest absolute Gasteiger partial charge is 0.459 e. The maximum Gasteiger partial charge on any atom is 0.459 e. The molecule has 0 aromatic rings. The molecule has 116 valence electrons. The standard InChI is InChI=1S/C9H16F6O3Si/c1-4-5-18-7(10,6-19(16-2)17-3)8(11,12)9(13,14)15/h19H,4-6H2,1-3H3. The zero-order chi connectivity index (χ0) is 15.3. The maximum absolute atomic E-state index is 14.1. The van der Waals surface area contributed by atoms with Gasteiger partial charge in [0.25, 0.3) is 5.85 Å². The number of hydrogen-bond donors (Lipinski definition) is 0. The van der Waals surface area contributed by atoms with Gasteiger partial charge in [-0.15, -0.1) is 0 Å². The Labute approximate surface area is 108 Å². The summed E-state index contributed by atoms with van der Waals surface area (Å²) in [6.07, 6.45) is -5.97. The summed E-state index contributed by atoms with van der Waals surface area (Å²) < 4.78 is 90.6. The highest BCUT2D eigenvalue weighted by Crippen LogP contribution is 2.48. The van der Waals surface area contributed by atoms with Crippen molar-refractivity contribution in [1.29, 1.82) is 0 Å². The van der Waals surface area contributed by atoms with E-state index in [1.807, 2.05) is 0 Å². The molecule has 1 atom stereocenters. The lowest BCUT2D eigenvalue weighted by atomic mass is 10.1. The minimum absolute atomic E-state index is 0.0891. The summed E-state index contributed by atoms with van der Waals surface area (Å²) in [5.41, 5.74) is 0. The molecule has 0 amide bonds. The molecule has 0 aromatic carbocycles. The van der Waals surface area contributed by atoms with E-state index in [4.69, 9.17) is 0 Å². The highest BCUT2D eigenvalue weighted by molar-refractivity contribution is 6.44. The first kappa shape index (κ1) is 18.7. The van der Waals surface area contributed by atoms with Crippen molar-refractivity contribution in [3.8, 4) is 0 Å². The van der Waals surface area contributed by atoms with Gasteiger partial charge in [0, 0.05) is 14.2 Å². The molecular formula is C9H16F6O3Si. The van der Waals surface area contributed by atoms with E-state index in [-0.39, 0.29) is 6.42 Å². The first-order valence-corrected chi connectivity index (χ1v) is 7.14. The molecule has 0 heterocycles. The topological polar surface area (TPSA) is 27.7 Å². The van der Waals surface area contributed by atoms with Gasteiger partial charge in [-0.25, -0.2) is 4.39 Å². The molecule has 0 saturated carbocycles. The fraction of sp³-hybridized carbons (Fsp3) is 1.00. The highest BCUT2D eigenvalue weighted by atomic mass is 28.3. The van der Waals surface area contributed by atoms with Crippen LogP contribution in [0.4, 0.5) is 26.3 Å². The van der Waals surface area contributed by atoms with Crippen LogP contribution in [-0.2, 0) is 13.6 Å². The minimum atomic E-state index is -6.06. The third-order valence-electron chi connectivity index (χ3n) is 2.31. The predicted molar refractivity (Wildman–Crippen MR) is 57.1 cm³/mol. The summed E-state index contributed by atoms with van der Waals surface area (Å²) in [4.78, 5) is 0. The van der Waals surface area contributed by atoms with E-state index < -0.39 is 39.9 Å². The van der Waals surface area contributed by atoms with Crippen molar-refractivity contribution in [3.63, 3.8) is 0 Å². The second-order valence-corrected chi connectivity index (χ2v) is 5.96. The highest BCUT2D eigenvalue weighted by Gasteiger charge is 2.73. The smallest absolute Gasteiger partial charge is 0.400 e. The summed E-state index contributed by atoms with van der Waals surface area (Å²) in [6.45, 7) is 0.879. The number of rotatable bonds is 8. The van der Waals surface area contributed by atoms with Crippen LogP contribution in [-0.4, -0.2) is 48.1 Å². The van der Waals surface area contributed by atoms with Gasteiger partial charge in [-0.2, -0.15) is 22.0 Å². The summed E-state index contributed by atoms with van der Waals surface area (Å²) in [6, 6.07) is -1.27. The summed E-state index contributed by atoms with van der Waals surface area (Å²) >= 11 is 0. The monoisotopic (exact) mass is 314 g/mol. The van der Waals surface area contributed by atoms with E-state index in [0.29, 0.717) is 0 Å². The molecule has 0 fully saturated rings. The van der Waals surface area contributed by atoms with Crippen molar-refractivity contribution in [2.24, 2.45) is 0 Å². The SMILES string of the molecule is CCCOC(F)(C[SiH](OC)OC)C(F)(F)C(F)(F)F. The Balaban J connectivity index is 5.27. The average molecular weight is 314 g/mol. The number of ether oxygens (including phenoxy) is 1. The second kappa shape index (κ2) is 6.91. The third kappa shape index (κ3) is 4.33. The van der Waals surface area contributed by atoms with Crippen LogP contribution in [0.5, 0.6) is 0 Å². The maximum atomic E-state index is 14.1. The Morgan fingerprint density at radius 2 is 1.42 bits per heavy atom. The van der Waals surface area contributed by atoms with E-state index in [9.17, 15) is 26.3 Å². The van der Waals surface area contributed by atoms with Crippen molar-refractivity contribution < 1.29 is 39.9 Å². The van der Waals surface area contributed by atoms with E-state index in [0.717, 1.165) is 14.2 Å². The Bertz CT molecular complexity index is 271. The van der Waals surface area contributed by atoms with Crippen LogP contribution >= 0.6 is 0 Å². The van der Waals surface area contributed by atoms with Gasteiger partial charge < -0.3 is 13.6 Å². The number of hydrogen-bond acceptors (Lipinski definition) is 3. The Morgan fingerprint density at radius 1 is 0.947 bits per heavy atom.